The second kappa shape index (κ2) is 8.71. The molecule has 1 aliphatic rings. The van der Waals surface area contributed by atoms with Gasteiger partial charge in [0.2, 0.25) is 0 Å². The number of hydrogen-bond donors (Lipinski definition) is 2. The molecule has 1 aromatic carbocycles. The highest BCUT2D eigenvalue weighted by molar-refractivity contribution is 6.08. The topological polar surface area (TPSA) is 104 Å². The highest BCUT2D eigenvalue weighted by atomic mass is 19.4. The highest BCUT2D eigenvalue weighted by Crippen LogP contribution is 2.31. The molecule has 3 aromatic rings. The quantitative estimate of drug-likeness (QED) is 0.324. The van der Waals surface area contributed by atoms with E-state index in [-0.39, 0.29) is 24.7 Å². The Morgan fingerprint density at radius 1 is 1.23 bits per heavy atom. The van der Waals surface area contributed by atoms with Crippen LogP contribution >= 0.6 is 0 Å². The predicted molar refractivity (Wildman–Crippen MR) is 129 cm³/mol. The summed E-state index contributed by atoms with van der Waals surface area (Å²) in [6.45, 7) is 9.12. The molecule has 1 saturated heterocycles. The van der Waals surface area contributed by atoms with E-state index < -0.39 is 17.3 Å². The predicted octanol–water partition coefficient (Wildman–Crippen LogP) is 4.32. The number of halogens is 3. The maximum atomic E-state index is 13.1. The van der Waals surface area contributed by atoms with Gasteiger partial charge in [0.1, 0.15) is 17.0 Å². The van der Waals surface area contributed by atoms with Crippen LogP contribution in [0.1, 0.15) is 31.1 Å². The van der Waals surface area contributed by atoms with E-state index in [0.717, 1.165) is 16.2 Å². The summed E-state index contributed by atoms with van der Waals surface area (Å²) in [5.41, 5.74) is 2.00. The molecule has 0 bridgehead atoms. The molecule has 4 rings (SSSR count). The average molecular weight is 486 g/mol. The lowest BCUT2D eigenvalue weighted by Gasteiger charge is -2.38. The number of H-pyrrole nitrogens is 1. The van der Waals surface area contributed by atoms with Gasteiger partial charge in [-0.2, -0.15) is 18.3 Å². The minimum absolute atomic E-state index is 0.0337. The third-order valence-electron chi connectivity index (χ3n) is 5.85. The monoisotopic (exact) mass is 485 g/mol. The van der Waals surface area contributed by atoms with Crippen LogP contribution in [0.4, 0.5) is 18.9 Å². The van der Waals surface area contributed by atoms with Crippen molar-refractivity contribution in [2.75, 3.05) is 24.5 Å². The average Bonchev–Trinajstić information content (AvgIpc) is 3.24. The molecule has 3 heterocycles. The zero-order chi connectivity index (χ0) is 25.5. The Labute approximate surface area is 200 Å². The van der Waals surface area contributed by atoms with Crippen molar-refractivity contribution < 1.29 is 18.0 Å². The van der Waals surface area contributed by atoms with Gasteiger partial charge in [-0.3, -0.25) is 4.79 Å². The maximum absolute atomic E-state index is 13.1. The van der Waals surface area contributed by atoms with Crippen molar-refractivity contribution in [2.45, 2.75) is 26.9 Å². The van der Waals surface area contributed by atoms with Gasteiger partial charge in [-0.1, -0.05) is 39.5 Å². The summed E-state index contributed by atoms with van der Waals surface area (Å²) >= 11 is 0. The van der Waals surface area contributed by atoms with Crippen LogP contribution < -0.4 is 10.7 Å². The van der Waals surface area contributed by atoms with Gasteiger partial charge < -0.3 is 20.6 Å². The number of ketones is 1. The van der Waals surface area contributed by atoms with Crippen LogP contribution in [0, 0.1) is 5.41 Å². The number of aromatic nitrogens is 3. The SMILES string of the molecule is C=C(N1CCN(c2cccc(-c3cnc4[nH]cc(C(=O)C(C)(C)C)c4n3)c2)C/C1=N/N)C(F)(F)F. The van der Waals surface area contributed by atoms with Gasteiger partial charge in [-0.25, -0.2) is 9.97 Å². The number of nitrogens with zero attached hydrogens (tertiary/aromatic N) is 5. The molecule has 0 amide bonds. The first-order chi connectivity index (χ1) is 16.4. The van der Waals surface area contributed by atoms with Crippen LogP contribution in [0.15, 0.2) is 54.0 Å². The van der Waals surface area contributed by atoms with Crippen LogP contribution in [0.2, 0.25) is 0 Å². The van der Waals surface area contributed by atoms with E-state index in [1.807, 2.05) is 49.9 Å². The number of Topliss-reactive ketones (excluding diaryl/α,β-unsaturated/α-hetero) is 1. The van der Waals surface area contributed by atoms with Crippen molar-refractivity contribution in [3.05, 3.63) is 54.5 Å². The molecule has 1 fully saturated rings. The van der Waals surface area contributed by atoms with Crippen molar-refractivity contribution in [3.8, 4) is 11.3 Å². The number of fused-ring (bicyclic) bond motifs is 1. The Morgan fingerprint density at radius 3 is 2.63 bits per heavy atom. The minimum atomic E-state index is -4.57. The van der Waals surface area contributed by atoms with E-state index in [0.29, 0.717) is 29.0 Å². The van der Waals surface area contributed by atoms with Crippen LogP contribution in [0.25, 0.3) is 22.4 Å². The summed E-state index contributed by atoms with van der Waals surface area (Å²) < 4.78 is 39.4. The lowest BCUT2D eigenvalue weighted by Crippen LogP contribution is -2.52. The normalized spacial score (nSPS) is 16.2. The number of nitrogens with one attached hydrogen (secondary N) is 1. The third kappa shape index (κ3) is 4.71. The number of hydrogen-bond acceptors (Lipinski definition) is 6. The van der Waals surface area contributed by atoms with Gasteiger partial charge in [0.25, 0.3) is 0 Å². The van der Waals surface area contributed by atoms with Crippen molar-refractivity contribution in [1.82, 2.24) is 19.9 Å². The molecule has 8 nitrogen and oxygen atoms in total. The van der Waals surface area contributed by atoms with Crippen molar-refractivity contribution >= 4 is 28.5 Å². The molecule has 0 atom stereocenters. The first-order valence-electron chi connectivity index (χ1n) is 10.9. The van der Waals surface area contributed by atoms with E-state index in [4.69, 9.17) is 10.8 Å². The number of carbonyl (C=O) groups is 1. The molecule has 35 heavy (non-hydrogen) atoms. The second-order valence-electron chi connectivity index (χ2n) is 9.35. The molecular formula is C24H26F3N7O. The van der Waals surface area contributed by atoms with E-state index in [1.54, 1.807) is 12.4 Å². The van der Waals surface area contributed by atoms with Gasteiger partial charge in [0.15, 0.2) is 11.4 Å². The number of piperazine rings is 1. The second-order valence-corrected chi connectivity index (χ2v) is 9.35. The summed E-state index contributed by atoms with van der Waals surface area (Å²) in [7, 11) is 0. The fourth-order valence-electron chi connectivity index (χ4n) is 3.93. The van der Waals surface area contributed by atoms with Crippen LogP contribution in [-0.4, -0.2) is 57.3 Å². The number of carbonyl (C=O) groups excluding carboxylic acids is 1. The summed E-state index contributed by atoms with van der Waals surface area (Å²) in [4.78, 5) is 27.8. The molecule has 2 aromatic heterocycles. The Hall–Kier alpha value is -3.89. The highest BCUT2D eigenvalue weighted by Gasteiger charge is 2.39. The Bertz CT molecular complexity index is 1320. The Morgan fingerprint density at radius 2 is 1.97 bits per heavy atom. The van der Waals surface area contributed by atoms with Gasteiger partial charge >= 0.3 is 6.18 Å². The number of amidine groups is 1. The Balaban J connectivity index is 1.63. The van der Waals surface area contributed by atoms with E-state index >= 15 is 0 Å². The summed E-state index contributed by atoms with van der Waals surface area (Å²) in [5, 5.41) is 3.58. The number of alkyl halides is 3. The first-order valence-corrected chi connectivity index (χ1v) is 10.9. The molecule has 11 heteroatoms. The molecule has 0 saturated carbocycles. The van der Waals surface area contributed by atoms with Crippen LogP contribution in [0.3, 0.4) is 0 Å². The van der Waals surface area contributed by atoms with E-state index in [9.17, 15) is 18.0 Å². The standard InChI is InChI=1S/C24H26F3N7O/c1-14(24(25,26)27)34-9-8-33(13-19(34)32-28)16-7-5-6-15(10-16)18-12-30-22-20(31-18)17(11-29-22)21(35)23(2,3)4/h5-7,10-12H,1,8-9,13,28H2,2-4H3,(H,29,30)/b32-19-. The molecule has 184 valence electrons. The number of aromatic amines is 1. The molecular weight excluding hydrogens is 459 g/mol. The Kier molecular flexibility index (Phi) is 6.04. The van der Waals surface area contributed by atoms with E-state index in [1.165, 1.54) is 0 Å². The van der Waals surface area contributed by atoms with Gasteiger partial charge in [0, 0.05) is 36.0 Å². The molecule has 0 spiro atoms. The number of nitrogens with two attached hydrogens (primary N) is 1. The smallest absolute Gasteiger partial charge is 0.362 e. The van der Waals surface area contributed by atoms with Crippen molar-refractivity contribution in [1.29, 1.82) is 0 Å². The van der Waals surface area contributed by atoms with Gasteiger partial charge in [-0.05, 0) is 12.1 Å². The lowest BCUT2D eigenvalue weighted by molar-refractivity contribution is -0.105. The van der Waals surface area contributed by atoms with Gasteiger partial charge in [-0.15, -0.1) is 0 Å². The number of rotatable bonds is 4. The zero-order valence-corrected chi connectivity index (χ0v) is 19.6. The van der Waals surface area contributed by atoms with E-state index in [2.05, 4.69) is 21.6 Å². The summed E-state index contributed by atoms with van der Waals surface area (Å²) in [5.74, 6) is 5.44. The number of allylic oxidation sites excluding steroid dienone is 1. The number of benzene rings is 1. The molecule has 0 aliphatic carbocycles. The molecule has 0 radical (unpaired) electrons. The summed E-state index contributed by atoms with van der Waals surface area (Å²) in [6.07, 6.45) is -1.33. The van der Waals surface area contributed by atoms with Gasteiger partial charge in [0.05, 0.1) is 24.0 Å². The largest absolute Gasteiger partial charge is 0.430 e. The fourth-order valence-corrected chi connectivity index (χ4v) is 3.93. The fraction of sp³-hybridized carbons (Fsp3) is 0.333. The first kappa shape index (κ1) is 24.2. The maximum Gasteiger partial charge on any atom is 0.430 e. The summed E-state index contributed by atoms with van der Waals surface area (Å²) in [6, 6.07) is 7.41. The zero-order valence-electron chi connectivity index (χ0n) is 19.6. The van der Waals surface area contributed by atoms with Crippen LogP contribution in [0.5, 0.6) is 0 Å². The van der Waals surface area contributed by atoms with Crippen molar-refractivity contribution in [3.63, 3.8) is 0 Å². The van der Waals surface area contributed by atoms with Crippen molar-refractivity contribution in [2.24, 2.45) is 16.4 Å². The number of hydrazone groups is 1. The molecule has 3 N–H and O–H groups in total. The lowest BCUT2D eigenvalue weighted by atomic mass is 9.87. The minimum Gasteiger partial charge on any atom is -0.362 e. The number of anilines is 1. The molecule has 0 unspecified atom stereocenters. The molecule has 1 aliphatic heterocycles. The third-order valence-corrected chi connectivity index (χ3v) is 5.85. The van der Waals surface area contributed by atoms with Crippen LogP contribution in [-0.2, 0) is 0 Å².